The molecule has 0 aromatic carbocycles. The molecule has 1 aliphatic carbocycles. The summed E-state index contributed by atoms with van der Waals surface area (Å²) < 4.78 is 10.5. The molecule has 2 atom stereocenters. The van der Waals surface area contributed by atoms with Crippen LogP contribution in [0.1, 0.15) is 32.1 Å². The second-order valence-electron chi connectivity index (χ2n) is 4.95. The summed E-state index contributed by atoms with van der Waals surface area (Å²) in [5, 5.41) is 12.0. The highest BCUT2D eigenvalue weighted by Gasteiger charge is 2.29. The van der Waals surface area contributed by atoms with Crippen molar-refractivity contribution in [3.8, 4) is 6.07 Å². The van der Waals surface area contributed by atoms with Crippen LogP contribution >= 0.6 is 0 Å². The molecule has 1 saturated carbocycles. The van der Waals surface area contributed by atoms with Crippen LogP contribution in [-0.2, 0) is 14.3 Å². The summed E-state index contributed by atoms with van der Waals surface area (Å²) in [6.07, 6.45) is 5.05. The molecule has 2 aliphatic rings. The highest BCUT2D eigenvalue weighted by molar-refractivity contribution is 5.81. The van der Waals surface area contributed by atoms with E-state index in [1.165, 1.54) is 6.42 Å². The van der Waals surface area contributed by atoms with Crippen LogP contribution < -0.4 is 5.32 Å². The van der Waals surface area contributed by atoms with Crippen molar-refractivity contribution < 1.29 is 14.3 Å². The summed E-state index contributed by atoms with van der Waals surface area (Å²) in [6, 6.07) is 1.83. The van der Waals surface area contributed by atoms with Gasteiger partial charge in [0.15, 0.2) is 6.10 Å². The zero-order chi connectivity index (χ0) is 12.8. The summed E-state index contributed by atoms with van der Waals surface area (Å²) in [5.41, 5.74) is 0. The summed E-state index contributed by atoms with van der Waals surface area (Å²) >= 11 is 0. The Kier molecular flexibility index (Phi) is 4.97. The van der Waals surface area contributed by atoms with Crippen LogP contribution in [0.2, 0.25) is 0 Å². The fraction of sp³-hybridized carbons (Fsp3) is 0.846. The maximum absolute atomic E-state index is 11.9. The fourth-order valence-corrected chi connectivity index (χ4v) is 2.61. The predicted molar refractivity (Wildman–Crippen MR) is 64.7 cm³/mol. The van der Waals surface area contributed by atoms with Gasteiger partial charge < -0.3 is 14.8 Å². The van der Waals surface area contributed by atoms with Crippen molar-refractivity contribution in [3.05, 3.63) is 0 Å². The Balaban J connectivity index is 1.85. The van der Waals surface area contributed by atoms with Gasteiger partial charge in [-0.25, -0.2) is 0 Å². The lowest BCUT2D eigenvalue weighted by Crippen LogP contribution is -2.48. The van der Waals surface area contributed by atoms with Crippen molar-refractivity contribution in [1.82, 2.24) is 5.32 Å². The van der Waals surface area contributed by atoms with Gasteiger partial charge in [-0.3, -0.25) is 4.79 Å². The number of hydrogen-bond acceptors (Lipinski definition) is 4. The number of carbonyl (C=O) groups is 1. The highest BCUT2D eigenvalue weighted by atomic mass is 16.6. The summed E-state index contributed by atoms with van der Waals surface area (Å²) in [7, 11) is 0. The van der Waals surface area contributed by atoms with Crippen molar-refractivity contribution >= 4 is 5.91 Å². The van der Waals surface area contributed by atoms with E-state index < -0.39 is 6.10 Å². The molecule has 0 spiro atoms. The molecule has 1 aliphatic heterocycles. The standard InChI is InChI=1S/C13H20N2O3/c14-8-11(10-4-2-1-3-5-10)15-13(16)12-9-17-6-7-18-12/h10-12H,1-7,9H2,(H,15,16). The molecule has 1 heterocycles. The van der Waals surface area contributed by atoms with E-state index in [2.05, 4.69) is 11.4 Å². The molecule has 0 bridgehead atoms. The molecule has 2 unspecified atom stereocenters. The Morgan fingerprint density at radius 3 is 2.67 bits per heavy atom. The zero-order valence-corrected chi connectivity index (χ0v) is 10.6. The Hall–Kier alpha value is -1.12. The molecule has 5 heteroatoms. The summed E-state index contributed by atoms with van der Waals surface area (Å²) in [6.45, 7) is 1.27. The SMILES string of the molecule is N#CC(NC(=O)C1COCCO1)C1CCCCC1. The van der Waals surface area contributed by atoms with Gasteiger partial charge in [-0.2, -0.15) is 5.26 Å². The molecule has 1 amide bonds. The first-order valence-corrected chi connectivity index (χ1v) is 6.70. The summed E-state index contributed by atoms with van der Waals surface area (Å²) in [4.78, 5) is 11.9. The van der Waals surface area contributed by atoms with Crippen molar-refractivity contribution in [2.75, 3.05) is 19.8 Å². The van der Waals surface area contributed by atoms with Crippen LogP contribution in [0.5, 0.6) is 0 Å². The van der Waals surface area contributed by atoms with Gasteiger partial charge in [0.25, 0.3) is 5.91 Å². The molecule has 0 radical (unpaired) electrons. The first-order chi connectivity index (χ1) is 8.81. The van der Waals surface area contributed by atoms with E-state index in [1.807, 2.05) is 0 Å². The molecule has 2 rings (SSSR count). The van der Waals surface area contributed by atoms with E-state index in [4.69, 9.17) is 9.47 Å². The lowest BCUT2D eigenvalue weighted by molar-refractivity contribution is -0.148. The van der Waals surface area contributed by atoms with Crippen molar-refractivity contribution in [2.24, 2.45) is 5.92 Å². The van der Waals surface area contributed by atoms with Crippen LogP contribution in [0.25, 0.3) is 0 Å². The van der Waals surface area contributed by atoms with Gasteiger partial charge in [0, 0.05) is 0 Å². The van der Waals surface area contributed by atoms with Gasteiger partial charge in [-0.15, -0.1) is 0 Å². The largest absolute Gasteiger partial charge is 0.376 e. The molecule has 5 nitrogen and oxygen atoms in total. The van der Waals surface area contributed by atoms with Gasteiger partial charge in [-0.1, -0.05) is 19.3 Å². The molecule has 1 saturated heterocycles. The fourth-order valence-electron chi connectivity index (χ4n) is 2.61. The van der Waals surface area contributed by atoms with Gasteiger partial charge in [0.1, 0.15) is 6.04 Å². The number of nitrogens with one attached hydrogen (secondary N) is 1. The van der Waals surface area contributed by atoms with Crippen LogP contribution in [-0.4, -0.2) is 37.9 Å². The average molecular weight is 252 g/mol. The average Bonchev–Trinajstić information content (AvgIpc) is 2.46. The second-order valence-corrected chi connectivity index (χ2v) is 4.95. The van der Waals surface area contributed by atoms with E-state index in [-0.39, 0.29) is 24.5 Å². The van der Waals surface area contributed by atoms with Gasteiger partial charge in [0.2, 0.25) is 0 Å². The molecule has 0 aromatic rings. The van der Waals surface area contributed by atoms with E-state index >= 15 is 0 Å². The smallest absolute Gasteiger partial charge is 0.252 e. The molecule has 2 fully saturated rings. The number of amides is 1. The molecule has 100 valence electrons. The Bertz CT molecular complexity index is 315. The number of nitriles is 1. The van der Waals surface area contributed by atoms with Crippen molar-refractivity contribution in [2.45, 2.75) is 44.2 Å². The lowest BCUT2D eigenvalue weighted by Gasteiger charge is -2.28. The van der Waals surface area contributed by atoms with E-state index in [9.17, 15) is 10.1 Å². The van der Waals surface area contributed by atoms with Gasteiger partial charge >= 0.3 is 0 Å². The Morgan fingerprint density at radius 2 is 2.06 bits per heavy atom. The first-order valence-electron chi connectivity index (χ1n) is 6.70. The molecule has 18 heavy (non-hydrogen) atoms. The first kappa shape index (κ1) is 13.3. The maximum atomic E-state index is 11.9. The third kappa shape index (κ3) is 3.44. The van der Waals surface area contributed by atoms with E-state index in [1.54, 1.807) is 0 Å². The van der Waals surface area contributed by atoms with Gasteiger partial charge in [-0.05, 0) is 18.8 Å². The molecular formula is C13H20N2O3. The Morgan fingerprint density at radius 1 is 1.28 bits per heavy atom. The number of ether oxygens (including phenoxy) is 2. The molecule has 1 N–H and O–H groups in total. The van der Waals surface area contributed by atoms with Crippen molar-refractivity contribution in [1.29, 1.82) is 5.26 Å². The minimum Gasteiger partial charge on any atom is -0.376 e. The number of rotatable bonds is 3. The predicted octanol–water partition coefficient (Wildman–Crippen LogP) is 0.990. The normalized spacial score (nSPS) is 27.2. The summed E-state index contributed by atoms with van der Waals surface area (Å²) in [5.74, 6) is 0.0732. The van der Waals surface area contributed by atoms with Crippen molar-refractivity contribution in [3.63, 3.8) is 0 Å². The van der Waals surface area contributed by atoms with Crippen LogP contribution in [0.4, 0.5) is 0 Å². The van der Waals surface area contributed by atoms with Gasteiger partial charge in [0.05, 0.1) is 25.9 Å². The van der Waals surface area contributed by atoms with Crippen LogP contribution in [0.3, 0.4) is 0 Å². The molecular weight excluding hydrogens is 232 g/mol. The minimum absolute atomic E-state index is 0.216. The number of nitrogens with zero attached hydrogens (tertiary/aromatic N) is 1. The highest BCUT2D eigenvalue weighted by Crippen LogP contribution is 2.26. The molecule has 0 aromatic heterocycles. The topological polar surface area (TPSA) is 71.4 Å². The quantitative estimate of drug-likeness (QED) is 0.813. The van der Waals surface area contributed by atoms with E-state index in [0.717, 1.165) is 25.7 Å². The number of carbonyl (C=O) groups excluding carboxylic acids is 1. The third-order valence-corrected chi connectivity index (χ3v) is 3.67. The van der Waals surface area contributed by atoms with E-state index in [0.29, 0.717) is 13.2 Å². The Labute approximate surface area is 107 Å². The lowest BCUT2D eigenvalue weighted by atomic mass is 9.84. The maximum Gasteiger partial charge on any atom is 0.252 e. The third-order valence-electron chi connectivity index (χ3n) is 3.67. The monoisotopic (exact) mass is 252 g/mol. The number of hydrogen-bond donors (Lipinski definition) is 1. The second kappa shape index (κ2) is 6.72. The minimum atomic E-state index is -0.557. The van der Waals surface area contributed by atoms with Crippen LogP contribution in [0, 0.1) is 17.2 Å². The zero-order valence-electron chi connectivity index (χ0n) is 10.6. The van der Waals surface area contributed by atoms with Crippen LogP contribution in [0.15, 0.2) is 0 Å².